The van der Waals surface area contributed by atoms with Gasteiger partial charge in [0.1, 0.15) is 5.60 Å². The molecule has 148 valence electrons. The molecular weight excluding hydrogens is 342 g/mol. The third kappa shape index (κ3) is 5.59. The van der Waals surface area contributed by atoms with E-state index in [-0.39, 0.29) is 5.92 Å². The second-order valence-electron chi connectivity index (χ2n) is 8.10. The Hall–Kier alpha value is -2.30. The van der Waals surface area contributed by atoms with Gasteiger partial charge in [0.25, 0.3) is 0 Å². The fourth-order valence-corrected chi connectivity index (χ4v) is 3.27. The van der Waals surface area contributed by atoms with Crippen molar-refractivity contribution in [2.75, 3.05) is 7.11 Å². The predicted octanol–water partition coefficient (Wildman–Crippen LogP) is 4.51. The lowest BCUT2D eigenvalue weighted by atomic mass is 9.90. The number of ether oxygens (including phenoxy) is 2. The molecule has 0 heterocycles. The Kier molecular flexibility index (Phi) is 6.68. The number of nitrogens with one attached hydrogen (secondary N) is 1. The van der Waals surface area contributed by atoms with Crippen LogP contribution in [-0.4, -0.2) is 30.3 Å². The maximum Gasteiger partial charge on any atom is 0.408 e. The largest absolute Gasteiger partial charge is 0.467 e. The Morgan fingerprint density at radius 1 is 1.22 bits per heavy atom. The fraction of sp³-hybridized carbons (Fsp3) is 0.545. The molecule has 1 N–H and O–H groups in total. The van der Waals surface area contributed by atoms with Crippen LogP contribution >= 0.6 is 0 Å². The van der Waals surface area contributed by atoms with Crippen LogP contribution in [-0.2, 0) is 20.7 Å². The summed E-state index contributed by atoms with van der Waals surface area (Å²) >= 11 is 0. The van der Waals surface area contributed by atoms with Crippen molar-refractivity contribution in [2.45, 2.75) is 70.4 Å². The molecule has 0 aliphatic heterocycles. The first-order valence-electron chi connectivity index (χ1n) is 9.57. The summed E-state index contributed by atoms with van der Waals surface area (Å²) in [5.74, 6) is -0.467. The van der Waals surface area contributed by atoms with E-state index in [9.17, 15) is 9.59 Å². The van der Waals surface area contributed by atoms with Crippen molar-refractivity contribution in [1.82, 2.24) is 5.32 Å². The van der Waals surface area contributed by atoms with Gasteiger partial charge in [0.2, 0.25) is 0 Å². The van der Waals surface area contributed by atoms with E-state index >= 15 is 0 Å². The van der Waals surface area contributed by atoms with Gasteiger partial charge < -0.3 is 14.8 Å². The molecule has 0 saturated carbocycles. The van der Waals surface area contributed by atoms with Crippen molar-refractivity contribution in [2.24, 2.45) is 0 Å². The minimum Gasteiger partial charge on any atom is -0.467 e. The summed E-state index contributed by atoms with van der Waals surface area (Å²) in [6, 6.07) is 8.47. The lowest BCUT2D eigenvalue weighted by molar-refractivity contribution is -0.146. The first-order valence-corrected chi connectivity index (χ1v) is 9.57. The quantitative estimate of drug-likeness (QED) is 0.589. The van der Waals surface area contributed by atoms with Gasteiger partial charge in [-0.25, -0.2) is 9.59 Å². The van der Waals surface area contributed by atoms with Gasteiger partial charge in [-0.05, 0) is 51.2 Å². The van der Waals surface area contributed by atoms with Crippen LogP contribution in [0.3, 0.4) is 0 Å². The summed E-state index contributed by atoms with van der Waals surface area (Å²) in [6.07, 6.45) is 6.87. The zero-order valence-electron chi connectivity index (χ0n) is 17.0. The van der Waals surface area contributed by atoms with Crippen LogP contribution in [0.25, 0.3) is 0 Å². The highest BCUT2D eigenvalue weighted by Crippen LogP contribution is 2.36. The third-order valence-electron chi connectivity index (χ3n) is 4.66. The summed E-state index contributed by atoms with van der Waals surface area (Å²) in [5.41, 5.74) is 0.581. The monoisotopic (exact) mass is 373 g/mol. The predicted molar refractivity (Wildman–Crippen MR) is 106 cm³/mol. The molecule has 1 aromatic carbocycles. The van der Waals surface area contributed by atoms with E-state index in [1.807, 2.05) is 6.08 Å². The molecule has 2 rings (SSSR count). The highest BCUT2D eigenvalue weighted by atomic mass is 16.6. The average Bonchev–Trinajstić information content (AvgIpc) is 3.03. The van der Waals surface area contributed by atoms with Crippen LogP contribution in [0.1, 0.15) is 64.0 Å². The Morgan fingerprint density at radius 2 is 1.89 bits per heavy atom. The number of allylic oxidation sites excluding steroid dienone is 1. The Balaban J connectivity index is 2.12. The smallest absolute Gasteiger partial charge is 0.408 e. The standard InChI is InChI=1S/C22H31NO4/c1-6-7-8-16-9-11-17(12-10-16)18-13-14-22(15-18,19(24)26-5)23-20(25)27-21(2,3)4/h9-14,18H,6-8,15H2,1-5H3,(H,23,25)/t18-,22+/m0/s1. The number of amides is 1. The van der Waals surface area contributed by atoms with Crippen LogP contribution < -0.4 is 5.32 Å². The van der Waals surface area contributed by atoms with Gasteiger partial charge in [-0.1, -0.05) is 49.8 Å². The van der Waals surface area contributed by atoms with Crippen molar-refractivity contribution < 1.29 is 19.1 Å². The van der Waals surface area contributed by atoms with Gasteiger partial charge >= 0.3 is 12.1 Å². The maximum atomic E-state index is 12.4. The Morgan fingerprint density at radius 3 is 2.44 bits per heavy atom. The summed E-state index contributed by atoms with van der Waals surface area (Å²) in [5, 5.41) is 2.72. The molecule has 2 atom stereocenters. The highest BCUT2D eigenvalue weighted by molar-refractivity contribution is 5.89. The Labute approximate surface area is 162 Å². The van der Waals surface area contributed by atoms with Crippen molar-refractivity contribution in [3.8, 4) is 0 Å². The summed E-state index contributed by atoms with van der Waals surface area (Å²) in [6.45, 7) is 7.53. The molecule has 0 saturated heterocycles. The SMILES string of the molecule is CCCCc1ccc([C@H]2C=C[C@](NC(=O)OC(C)(C)C)(C(=O)OC)C2)cc1. The zero-order chi connectivity index (χ0) is 20.1. The molecule has 0 aromatic heterocycles. The summed E-state index contributed by atoms with van der Waals surface area (Å²) in [4.78, 5) is 24.7. The molecule has 1 aliphatic carbocycles. The zero-order valence-corrected chi connectivity index (χ0v) is 17.0. The summed E-state index contributed by atoms with van der Waals surface area (Å²) in [7, 11) is 1.32. The Bertz CT molecular complexity index is 687. The van der Waals surface area contributed by atoms with Crippen molar-refractivity contribution in [1.29, 1.82) is 0 Å². The molecule has 5 nitrogen and oxygen atoms in total. The van der Waals surface area contributed by atoms with Crippen LogP contribution in [0.15, 0.2) is 36.4 Å². The van der Waals surface area contributed by atoms with Crippen molar-refractivity contribution in [3.63, 3.8) is 0 Å². The van der Waals surface area contributed by atoms with E-state index in [1.165, 1.54) is 25.5 Å². The number of esters is 1. The van der Waals surface area contributed by atoms with Gasteiger partial charge in [0.05, 0.1) is 7.11 Å². The number of benzene rings is 1. The second-order valence-corrected chi connectivity index (χ2v) is 8.10. The highest BCUT2D eigenvalue weighted by Gasteiger charge is 2.45. The van der Waals surface area contributed by atoms with Gasteiger partial charge in [0.15, 0.2) is 5.54 Å². The number of hydrogen-bond acceptors (Lipinski definition) is 4. The molecule has 0 spiro atoms. The minimum atomic E-state index is -1.21. The summed E-state index contributed by atoms with van der Waals surface area (Å²) < 4.78 is 10.3. The maximum absolute atomic E-state index is 12.4. The van der Waals surface area contributed by atoms with E-state index in [1.54, 1.807) is 26.8 Å². The van der Waals surface area contributed by atoms with E-state index in [0.29, 0.717) is 6.42 Å². The fourth-order valence-electron chi connectivity index (χ4n) is 3.27. The second kappa shape index (κ2) is 8.59. The van der Waals surface area contributed by atoms with Gasteiger partial charge in [0, 0.05) is 5.92 Å². The van der Waals surface area contributed by atoms with Gasteiger partial charge in [-0.3, -0.25) is 0 Å². The van der Waals surface area contributed by atoms with Gasteiger partial charge in [-0.15, -0.1) is 0 Å². The van der Waals surface area contributed by atoms with Crippen LogP contribution in [0, 0.1) is 0 Å². The molecule has 0 fully saturated rings. The van der Waals surface area contributed by atoms with Crippen molar-refractivity contribution in [3.05, 3.63) is 47.5 Å². The molecule has 1 aliphatic rings. The van der Waals surface area contributed by atoms with E-state index in [4.69, 9.17) is 9.47 Å². The molecule has 0 unspecified atom stereocenters. The molecule has 0 radical (unpaired) electrons. The number of rotatable bonds is 6. The number of aryl methyl sites for hydroxylation is 1. The van der Waals surface area contributed by atoms with Crippen LogP contribution in [0.5, 0.6) is 0 Å². The minimum absolute atomic E-state index is 0.0271. The van der Waals surface area contributed by atoms with Crippen LogP contribution in [0.4, 0.5) is 4.79 Å². The first-order chi connectivity index (χ1) is 12.7. The number of alkyl carbamates (subject to hydrolysis) is 1. The molecule has 1 aromatic rings. The number of carbonyl (C=O) groups is 2. The molecule has 1 amide bonds. The average molecular weight is 373 g/mol. The molecule has 27 heavy (non-hydrogen) atoms. The topological polar surface area (TPSA) is 64.6 Å². The number of carbonyl (C=O) groups excluding carboxylic acids is 2. The number of methoxy groups -OCH3 is 1. The van der Waals surface area contributed by atoms with E-state index in [0.717, 1.165) is 12.0 Å². The third-order valence-corrected chi connectivity index (χ3v) is 4.66. The van der Waals surface area contributed by atoms with Gasteiger partial charge in [-0.2, -0.15) is 0 Å². The first kappa shape index (κ1) is 21.0. The van der Waals surface area contributed by atoms with E-state index in [2.05, 4.69) is 36.5 Å². The molecular formula is C22H31NO4. The number of unbranched alkanes of at least 4 members (excludes halogenated alkanes) is 1. The van der Waals surface area contributed by atoms with E-state index < -0.39 is 23.2 Å². The molecule has 5 heteroatoms. The molecule has 0 bridgehead atoms. The lowest BCUT2D eigenvalue weighted by Gasteiger charge is -2.29. The lowest BCUT2D eigenvalue weighted by Crippen LogP contribution is -2.54. The normalized spacial score (nSPS) is 21.7. The number of hydrogen-bond donors (Lipinski definition) is 1. The van der Waals surface area contributed by atoms with Crippen molar-refractivity contribution >= 4 is 12.1 Å². The van der Waals surface area contributed by atoms with Crippen LogP contribution in [0.2, 0.25) is 0 Å².